The largest absolute Gasteiger partial charge is 0.394 e. The topological polar surface area (TPSA) is 317 Å². The number of hydrogen-bond donors (Lipinski definition) is 12. The minimum atomic E-state index is -2.00. The van der Waals surface area contributed by atoms with Crippen molar-refractivity contribution in [2.75, 3.05) is 33.0 Å². The number of aliphatic hydroxyl groups excluding tert-OH is 12. The lowest BCUT2D eigenvalue weighted by molar-refractivity contribution is -0.402. The second kappa shape index (κ2) is 23.0. The van der Waals surface area contributed by atoms with E-state index in [1.54, 1.807) is 6.08 Å². The molecule has 0 bridgehead atoms. The van der Waals surface area contributed by atoms with Crippen LogP contribution >= 0.6 is 0 Å². The van der Waals surface area contributed by atoms with E-state index in [-0.39, 0.29) is 6.61 Å². The van der Waals surface area contributed by atoms with Gasteiger partial charge in [0.15, 0.2) is 25.2 Å². The van der Waals surface area contributed by atoms with E-state index in [0.29, 0.717) is 0 Å². The van der Waals surface area contributed by atoms with Gasteiger partial charge in [0, 0.05) is 0 Å². The molecule has 336 valence electrons. The van der Waals surface area contributed by atoms with Gasteiger partial charge in [-0.25, -0.2) is 0 Å². The Hall–Kier alpha value is -1.58. The predicted octanol–water partition coefficient (Wildman–Crippen LogP) is -3.67. The van der Waals surface area contributed by atoms with E-state index >= 15 is 0 Å². The molecule has 0 aromatic rings. The van der Waals surface area contributed by atoms with E-state index in [0.717, 1.165) is 31.3 Å². The Morgan fingerprint density at radius 1 is 0.500 bits per heavy atom. The highest BCUT2D eigenvalue weighted by Gasteiger charge is 2.56. The van der Waals surface area contributed by atoms with Crippen LogP contribution in [0, 0.1) is 0 Å². The lowest BCUT2D eigenvalue weighted by atomic mass is 9.95. The molecule has 4 heterocycles. The molecule has 4 rings (SSSR count). The highest BCUT2D eigenvalue weighted by Crippen LogP contribution is 2.35. The molecule has 0 amide bonds. The molecule has 0 saturated carbocycles. The predicted molar refractivity (Wildman–Crippen MR) is 197 cm³/mol. The molecule has 0 unspecified atom stereocenters. The van der Waals surface area contributed by atoms with Crippen molar-refractivity contribution < 1.29 is 99.2 Å². The van der Waals surface area contributed by atoms with Gasteiger partial charge in [-0.15, -0.1) is 0 Å². The number of allylic oxidation sites excluding steroid dienone is 5. The number of aliphatic hydroxyl groups is 12. The van der Waals surface area contributed by atoms with Gasteiger partial charge in [0.2, 0.25) is 0 Å². The first kappa shape index (κ1) is 49.1. The Bertz CT molecular complexity index is 1320. The highest BCUT2D eigenvalue weighted by molar-refractivity contribution is 5.06. The van der Waals surface area contributed by atoms with Crippen LogP contribution in [0.4, 0.5) is 0 Å². The quantitative estimate of drug-likeness (QED) is 0.0592. The number of ether oxygens (including phenoxy) is 8. The summed E-state index contributed by atoms with van der Waals surface area (Å²) in [4.78, 5) is 0. The molecule has 12 N–H and O–H groups in total. The maximum absolute atomic E-state index is 11.3. The fourth-order valence-electron chi connectivity index (χ4n) is 6.98. The molecule has 4 aliphatic heterocycles. The van der Waals surface area contributed by atoms with E-state index in [1.807, 2.05) is 6.92 Å². The van der Waals surface area contributed by atoms with Gasteiger partial charge in [0.1, 0.15) is 91.6 Å². The zero-order valence-electron chi connectivity index (χ0n) is 33.2. The van der Waals surface area contributed by atoms with Gasteiger partial charge in [-0.1, -0.05) is 34.9 Å². The fraction of sp³-hybridized carbons (Fsp3) is 0.842. The SMILES string of the molecule is CC(C)=CCC/C(C)=C/CC/C(C)=C/CO[C@H]1O[C@H](CO)[C@H](O[C@@H]2O[C@H](CO)[C@@H](O)[C@H](O[C@@H]3OC[C@@H](O)[C@H](O)[C@H]3O)[C@H]2O[C@@H]2O[C@H](CO)[C@@H](O)[C@H](O)[C@H]2O)[C@H](O)[C@H]1O. The van der Waals surface area contributed by atoms with E-state index in [1.165, 1.54) is 11.1 Å². The van der Waals surface area contributed by atoms with Crippen LogP contribution in [-0.4, -0.2) is 211 Å². The van der Waals surface area contributed by atoms with E-state index in [4.69, 9.17) is 37.9 Å². The lowest BCUT2D eigenvalue weighted by Crippen LogP contribution is -2.68. The minimum Gasteiger partial charge on any atom is -0.394 e. The van der Waals surface area contributed by atoms with Gasteiger partial charge in [-0.05, 0) is 53.4 Å². The fourth-order valence-corrected chi connectivity index (χ4v) is 6.98. The molecule has 0 radical (unpaired) electrons. The van der Waals surface area contributed by atoms with Crippen LogP contribution in [0.25, 0.3) is 0 Å². The zero-order chi connectivity index (χ0) is 42.8. The van der Waals surface area contributed by atoms with Crippen molar-refractivity contribution in [3.05, 3.63) is 34.9 Å². The lowest BCUT2D eigenvalue weighted by Gasteiger charge is -2.50. The third kappa shape index (κ3) is 12.5. The van der Waals surface area contributed by atoms with Gasteiger partial charge in [-0.2, -0.15) is 0 Å². The molecule has 0 aliphatic carbocycles. The Morgan fingerprint density at radius 2 is 1.02 bits per heavy atom. The molecular formula is C38H64O20. The Kier molecular flexibility index (Phi) is 19.5. The molecule has 58 heavy (non-hydrogen) atoms. The monoisotopic (exact) mass is 840 g/mol. The van der Waals surface area contributed by atoms with Crippen molar-refractivity contribution in [2.24, 2.45) is 0 Å². The first-order valence-corrected chi connectivity index (χ1v) is 19.6. The van der Waals surface area contributed by atoms with Crippen molar-refractivity contribution in [3.8, 4) is 0 Å². The van der Waals surface area contributed by atoms with E-state index < -0.39 is 143 Å². The molecule has 4 fully saturated rings. The smallest absolute Gasteiger partial charge is 0.187 e. The summed E-state index contributed by atoms with van der Waals surface area (Å²) >= 11 is 0. The highest BCUT2D eigenvalue weighted by atomic mass is 16.8. The normalized spacial score (nSPS) is 43.0. The summed E-state index contributed by atoms with van der Waals surface area (Å²) in [6.07, 6.45) is -23.2. The Labute approximate surface area is 337 Å². The van der Waals surface area contributed by atoms with Gasteiger partial charge < -0.3 is 99.2 Å². The molecule has 19 atom stereocenters. The van der Waals surface area contributed by atoms with Crippen LogP contribution < -0.4 is 0 Å². The summed E-state index contributed by atoms with van der Waals surface area (Å²) in [5.74, 6) is 0. The van der Waals surface area contributed by atoms with Gasteiger partial charge in [0.05, 0.1) is 33.0 Å². The first-order chi connectivity index (χ1) is 27.5. The maximum atomic E-state index is 11.3. The summed E-state index contributed by atoms with van der Waals surface area (Å²) in [7, 11) is 0. The summed E-state index contributed by atoms with van der Waals surface area (Å²) < 4.78 is 46.0. The van der Waals surface area contributed by atoms with Crippen molar-refractivity contribution in [1.82, 2.24) is 0 Å². The van der Waals surface area contributed by atoms with Crippen LogP contribution in [0.2, 0.25) is 0 Å². The maximum Gasteiger partial charge on any atom is 0.187 e. The number of hydrogen-bond acceptors (Lipinski definition) is 20. The summed E-state index contributed by atoms with van der Waals surface area (Å²) in [5, 5.41) is 126. The average Bonchev–Trinajstić information content (AvgIpc) is 3.19. The average molecular weight is 841 g/mol. The summed E-state index contributed by atoms with van der Waals surface area (Å²) in [6.45, 7) is 5.12. The van der Waals surface area contributed by atoms with Crippen LogP contribution in [0.1, 0.15) is 53.4 Å². The van der Waals surface area contributed by atoms with Crippen molar-refractivity contribution >= 4 is 0 Å². The van der Waals surface area contributed by atoms with Crippen LogP contribution in [0.3, 0.4) is 0 Å². The first-order valence-electron chi connectivity index (χ1n) is 19.6. The Morgan fingerprint density at radius 3 is 1.66 bits per heavy atom. The molecule has 0 aromatic carbocycles. The van der Waals surface area contributed by atoms with Crippen molar-refractivity contribution in [2.45, 2.75) is 170 Å². The second-order valence-electron chi connectivity index (χ2n) is 15.5. The molecule has 4 aliphatic rings. The second-order valence-corrected chi connectivity index (χ2v) is 15.5. The number of rotatable bonds is 18. The van der Waals surface area contributed by atoms with Crippen LogP contribution in [0.5, 0.6) is 0 Å². The third-order valence-electron chi connectivity index (χ3n) is 10.6. The van der Waals surface area contributed by atoms with E-state index in [2.05, 4.69) is 32.9 Å². The zero-order valence-corrected chi connectivity index (χ0v) is 33.2. The van der Waals surface area contributed by atoms with Gasteiger partial charge in [0.25, 0.3) is 0 Å². The molecule has 4 saturated heterocycles. The van der Waals surface area contributed by atoms with E-state index in [9.17, 15) is 61.3 Å². The van der Waals surface area contributed by atoms with Crippen LogP contribution in [0.15, 0.2) is 34.9 Å². The van der Waals surface area contributed by atoms with Gasteiger partial charge >= 0.3 is 0 Å². The molecular weight excluding hydrogens is 776 g/mol. The Balaban J connectivity index is 1.51. The van der Waals surface area contributed by atoms with Crippen molar-refractivity contribution in [1.29, 1.82) is 0 Å². The minimum absolute atomic E-state index is 0.0101. The molecule has 0 spiro atoms. The molecule has 20 heteroatoms. The summed E-state index contributed by atoms with van der Waals surface area (Å²) in [6, 6.07) is 0. The van der Waals surface area contributed by atoms with Gasteiger partial charge in [-0.3, -0.25) is 0 Å². The molecule has 20 nitrogen and oxygen atoms in total. The standard InChI is InChI=1S/C38H64O20/c1-17(2)7-5-8-18(3)9-6-10-19(4)11-12-51-35-31(50)28(47)32(23(15-41)55-35)56-38-34(58-37-30(49)27(46)25(44)21(13-39)53-37)33(26(45)22(14-40)54-38)57-36-29(48)24(43)20(42)16-52-36/h7,9,11,20-50H,5-6,8,10,12-16H2,1-4H3/b18-9+,19-11+/t20-,21-,22-,23-,24+,25-,26-,27+,28-,29-,30-,31-,32+,33+,34-,35+,36+,37+,38+/m1/s1. The van der Waals surface area contributed by atoms with Crippen molar-refractivity contribution in [3.63, 3.8) is 0 Å². The third-order valence-corrected chi connectivity index (χ3v) is 10.6. The molecule has 0 aromatic heterocycles. The summed E-state index contributed by atoms with van der Waals surface area (Å²) in [5.41, 5.74) is 3.57. The van der Waals surface area contributed by atoms with Crippen LogP contribution in [-0.2, 0) is 37.9 Å².